The number of hydrogen-bond donors (Lipinski definition) is 1. The van der Waals surface area contributed by atoms with Crippen LogP contribution in [0.2, 0.25) is 0 Å². The molecule has 0 amide bonds. The first-order valence-electron chi connectivity index (χ1n) is 4.92. The Morgan fingerprint density at radius 1 is 1.54 bits per heavy atom. The molecule has 1 aromatic rings. The maximum Gasteiger partial charge on any atom is 0.108 e. The van der Waals surface area contributed by atoms with Crippen molar-refractivity contribution in [2.75, 3.05) is 5.75 Å². The smallest absolute Gasteiger partial charge is 0.108 e. The van der Waals surface area contributed by atoms with Gasteiger partial charge in [0.1, 0.15) is 5.82 Å². The highest BCUT2D eigenvalue weighted by atomic mass is 32.1. The zero-order chi connectivity index (χ0) is 9.68. The van der Waals surface area contributed by atoms with Gasteiger partial charge in [-0.05, 0) is 11.7 Å². The van der Waals surface area contributed by atoms with Crippen LogP contribution >= 0.6 is 12.6 Å². The predicted molar refractivity (Wildman–Crippen MR) is 59.2 cm³/mol. The van der Waals surface area contributed by atoms with Gasteiger partial charge in [0.25, 0.3) is 0 Å². The van der Waals surface area contributed by atoms with Gasteiger partial charge >= 0.3 is 0 Å². The molecule has 0 N–H and O–H groups in total. The van der Waals surface area contributed by atoms with Gasteiger partial charge in [0, 0.05) is 25.4 Å². The molecule has 0 fully saturated rings. The van der Waals surface area contributed by atoms with Crippen molar-refractivity contribution >= 4 is 12.6 Å². The van der Waals surface area contributed by atoms with Crippen molar-refractivity contribution < 1.29 is 0 Å². The summed E-state index contributed by atoms with van der Waals surface area (Å²) in [6.45, 7) is 5.41. The minimum absolute atomic E-state index is 0.669. The van der Waals surface area contributed by atoms with E-state index in [4.69, 9.17) is 0 Å². The van der Waals surface area contributed by atoms with Crippen LogP contribution in [0.3, 0.4) is 0 Å². The Morgan fingerprint density at radius 3 is 2.85 bits per heavy atom. The molecule has 13 heavy (non-hydrogen) atoms. The fourth-order valence-electron chi connectivity index (χ4n) is 1.41. The molecule has 1 rings (SSSR count). The van der Waals surface area contributed by atoms with Gasteiger partial charge in [-0.1, -0.05) is 20.3 Å². The summed E-state index contributed by atoms with van der Waals surface area (Å²) in [5.74, 6) is 2.81. The summed E-state index contributed by atoms with van der Waals surface area (Å²) in [5.41, 5.74) is 0. The Labute approximate surface area is 85.8 Å². The standard InChI is InChI=1S/C10H18N2S/c1-3-9(8-13)7-12-6-5-11-10(12)4-2/h5-6,9,13H,3-4,7-8H2,1-2H3. The third-order valence-corrected chi connectivity index (χ3v) is 2.92. The number of aryl methyl sites for hydroxylation is 1. The van der Waals surface area contributed by atoms with E-state index in [1.165, 1.54) is 12.2 Å². The van der Waals surface area contributed by atoms with Gasteiger partial charge in [-0.3, -0.25) is 0 Å². The van der Waals surface area contributed by atoms with Gasteiger partial charge in [0.05, 0.1) is 0 Å². The lowest BCUT2D eigenvalue weighted by molar-refractivity contribution is 0.466. The van der Waals surface area contributed by atoms with Crippen LogP contribution in [0.5, 0.6) is 0 Å². The summed E-state index contributed by atoms with van der Waals surface area (Å²) in [4.78, 5) is 4.29. The Hall–Kier alpha value is -0.440. The highest BCUT2D eigenvalue weighted by Gasteiger charge is 2.07. The Bertz CT molecular complexity index is 241. The monoisotopic (exact) mass is 198 g/mol. The molecular weight excluding hydrogens is 180 g/mol. The van der Waals surface area contributed by atoms with Crippen molar-refractivity contribution in [1.29, 1.82) is 0 Å². The second-order valence-corrected chi connectivity index (χ2v) is 3.67. The van der Waals surface area contributed by atoms with Gasteiger partial charge < -0.3 is 4.57 Å². The number of rotatable bonds is 5. The fraction of sp³-hybridized carbons (Fsp3) is 0.700. The molecule has 0 aromatic carbocycles. The lowest BCUT2D eigenvalue weighted by Gasteiger charge is -2.14. The van der Waals surface area contributed by atoms with E-state index >= 15 is 0 Å². The van der Waals surface area contributed by atoms with Crippen LogP contribution in [-0.4, -0.2) is 15.3 Å². The summed E-state index contributed by atoms with van der Waals surface area (Å²) in [6, 6.07) is 0. The molecule has 0 aliphatic rings. The molecule has 1 heterocycles. The average molecular weight is 198 g/mol. The van der Waals surface area contributed by atoms with Crippen LogP contribution in [0.15, 0.2) is 12.4 Å². The first-order valence-corrected chi connectivity index (χ1v) is 5.55. The van der Waals surface area contributed by atoms with E-state index in [1.807, 2.05) is 6.20 Å². The van der Waals surface area contributed by atoms with Gasteiger partial charge in [-0.15, -0.1) is 0 Å². The van der Waals surface area contributed by atoms with E-state index in [0.717, 1.165) is 18.7 Å². The van der Waals surface area contributed by atoms with Crippen molar-refractivity contribution in [3.8, 4) is 0 Å². The molecule has 0 saturated heterocycles. The molecule has 0 spiro atoms. The van der Waals surface area contributed by atoms with E-state index in [-0.39, 0.29) is 0 Å². The Morgan fingerprint density at radius 2 is 2.31 bits per heavy atom. The largest absolute Gasteiger partial charge is 0.335 e. The topological polar surface area (TPSA) is 17.8 Å². The van der Waals surface area contributed by atoms with Crippen molar-refractivity contribution in [2.24, 2.45) is 5.92 Å². The van der Waals surface area contributed by atoms with Crippen LogP contribution in [0.25, 0.3) is 0 Å². The van der Waals surface area contributed by atoms with Gasteiger partial charge in [0.2, 0.25) is 0 Å². The SMILES string of the molecule is CCc1nccn1CC(CC)CS. The van der Waals surface area contributed by atoms with Crippen molar-refractivity contribution in [2.45, 2.75) is 33.2 Å². The summed E-state index contributed by atoms with van der Waals surface area (Å²) < 4.78 is 2.24. The second kappa shape index (κ2) is 5.32. The molecular formula is C10H18N2S. The first-order chi connectivity index (χ1) is 6.31. The highest BCUT2D eigenvalue weighted by molar-refractivity contribution is 7.80. The molecule has 3 heteroatoms. The van der Waals surface area contributed by atoms with Crippen molar-refractivity contribution in [1.82, 2.24) is 9.55 Å². The fourth-order valence-corrected chi connectivity index (χ4v) is 1.79. The molecule has 1 unspecified atom stereocenters. The van der Waals surface area contributed by atoms with Gasteiger partial charge in [-0.2, -0.15) is 12.6 Å². The minimum atomic E-state index is 0.669. The van der Waals surface area contributed by atoms with Crippen molar-refractivity contribution in [3.63, 3.8) is 0 Å². The zero-order valence-corrected chi connectivity index (χ0v) is 9.30. The summed E-state index contributed by atoms with van der Waals surface area (Å²) in [6.07, 6.45) is 6.13. The number of hydrogen-bond acceptors (Lipinski definition) is 2. The first kappa shape index (κ1) is 10.6. The quantitative estimate of drug-likeness (QED) is 0.719. The van der Waals surface area contributed by atoms with Crippen LogP contribution < -0.4 is 0 Å². The van der Waals surface area contributed by atoms with E-state index in [0.29, 0.717) is 5.92 Å². The molecule has 0 bridgehead atoms. The van der Waals surface area contributed by atoms with E-state index in [2.05, 4.69) is 42.2 Å². The van der Waals surface area contributed by atoms with Gasteiger partial charge in [-0.25, -0.2) is 4.98 Å². The Balaban J connectivity index is 2.61. The molecule has 74 valence electrons. The maximum atomic E-state index is 4.34. The lowest BCUT2D eigenvalue weighted by Crippen LogP contribution is -2.13. The minimum Gasteiger partial charge on any atom is -0.335 e. The number of aromatic nitrogens is 2. The molecule has 0 aliphatic carbocycles. The average Bonchev–Trinajstić information content (AvgIpc) is 2.61. The van der Waals surface area contributed by atoms with Crippen LogP contribution in [-0.2, 0) is 13.0 Å². The van der Waals surface area contributed by atoms with E-state index < -0.39 is 0 Å². The maximum absolute atomic E-state index is 4.34. The zero-order valence-electron chi connectivity index (χ0n) is 8.40. The third-order valence-electron chi connectivity index (χ3n) is 2.41. The second-order valence-electron chi connectivity index (χ2n) is 3.31. The number of thiol groups is 1. The molecule has 0 aliphatic heterocycles. The molecule has 1 aromatic heterocycles. The van der Waals surface area contributed by atoms with Gasteiger partial charge in [0.15, 0.2) is 0 Å². The number of imidazole rings is 1. The van der Waals surface area contributed by atoms with E-state index in [9.17, 15) is 0 Å². The van der Waals surface area contributed by atoms with Crippen LogP contribution in [0.4, 0.5) is 0 Å². The predicted octanol–water partition coefficient (Wildman–Crippen LogP) is 2.40. The number of nitrogens with zero attached hydrogens (tertiary/aromatic N) is 2. The Kier molecular flexibility index (Phi) is 4.36. The lowest BCUT2D eigenvalue weighted by atomic mass is 10.1. The normalized spacial score (nSPS) is 13.2. The van der Waals surface area contributed by atoms with E-state index in [1.54, 1.807) is 0 Å². The molecule has 1 atom stereocenters. The summed E-state index contributed by atoms with van der Waals surface area (Å²) >= 11 is 4.34. The molecule has 0 saturated carbocycles. The van der Waals surface area contributed by atoms with Crippen LogP contribution in [0.1, 0.15) is 26.1 Å². The third kappa shape index (κ3) is 2.76. The highest BCUT2D eigenvalue weighted by Crippen LogP contribution is 2.10. The summed E-state index contributed by atoms with van der Waals surface area (Å²) in [5, 5.41) is 0. The molecule has 2 nitrogen and oxygen atoms in total. The van der Waals surface area contributed by atoms with Crippen molar-refractivity contribution in [3.05, 3.63) is 18.2 Å². The molecule has 0 radical (unpaired) electrons. The van der Waals surface area contributed by atoms with Crippen LogP contribution in [0, 0.1) is 5.92 Å². The summed E-state index contributed by atoms with van der Waals surface area (Å²) in [7, 11) is 0.